The summed E-state index contributed by atoms with van der Waals surface area (Å²) < 4.78 is 40.0. The summed E-state index contributed by atoms with van der Waals surface area (Å²) >= 11 is 0. The van der Waals surface area contributed by atoms with Crippen molar-refractivity contribution < 1.29 is 17.9 Å². The van der Waals surface area contributed by atoms with Crippen molar-refractivity contribution in [3.63, 3.8) is 0 Å². The van der Waals surface area contributed by atoms with Gasteiger partial charge in [-0.05, 0) is 17.7 Å². The molecule has 0 saturated carbocycles. The van der Waals surface area contributed by atoms with Gasteiger partial charge in [0.05, 0.1) is 12.6 Å². The Morgan fingerprint density at radius 2 is 2.07 bits per heavy atom. The van der Waals surface area contributed by atoms with E-state index in [0.29, 0.717) is 5.56 Å². The van der Waals surface area contributed by atoms with Gasteiger partial charge < -0.3 is 10.5 Å². The summed E-state index contributed by atoms with van der Waals surface area (Å²) in [4.78, 5) is 0. The average molecular weight is 205 g/mol. The first-order chi connectivity index (χ1) is 6.59. The third-order valence-electron chi connectivity index (χ3n) is 1.68. The fourth-order valence-electron chi connectivity index (χ4n) is 1.01. The highest BCUT2D eigenvalue weighted by molar-refractivity contribution is 5.19. The van der Waals surface area contributed by atoms with Gasteiger partial charge >= 0.3 is 6.61 Å². The fraction of sp³-hybridized carbons (Fsp3) is 0.333. The highest BCUT2D eigenvalue weighted by Gasteiger charge is 2.10. The third kappa shape index (κ3) is 3.35. The Morgan fingerprint density at radius 1 is 1.36 bits per heavy atom. The molecule has 1 aromatic rings. The van der Waals surface area contributed by atoms with Gasteiger partial charge in [0.25, 0.3) is 0 Å². The Hall–Kier alpha value is -1.07. The zero-order valence-electron chi connectivity index (χ0n) is 7.29. The van der Waals surface area contributed by atoms with E-state index in [0.717, 1.165) is 0 Å². The second kappa shape index (κ2) is 4.97. The van der Waals surface area contributed by atoms with Crippen LogP contribution in [0.5, 0.6) is 0 Å². The molecule has 0 aromatic heterocycles. The van der Waals surface area contributed by atoms with Crippen LogP contribution in [0.3, 0.4) is 0 Å². The van der Waals surface area contributed by atoms with E-state index in [1.54, 1.807) is 6.07 Å². The van der Waals surface area contributed by atoms with Gasteiger partial charge in [0.2, 0.25) is 0 Å². The number of benzene rings is 1. The van der Waals surface area contributed by atoms with Gasteiger partial charge in [0, 0.05) is 0 Å². The molecule has 0 aliphatic heterocycles. The smallest absolute Gasteiger partial charge is 0.322 e. The maximum absolute atomic E-state index is 12.7. The van der Waals surface area contributed by atoms with Crippen LogP contribution in [-0.4, -0.2) is 13.2 Å². The molecule has 1 aromatic carbocycles. The minimum absolute atomic E-state index is 0.332. The minimum Gasteiger partial charge on any atom is -0.322 e. The number of rotatable bonds is 4. The van der Waals surface area contributed by atoms with E-state index >= 15 is 0 Å². The van der Waals surface area contributed by atoms with Crippen LogP contribution in [0.1, 0.15) is 11.6 Å². The van der Waals surface area contributed by atoms with Crippen LogP contribution in [0.15, 0.2) is 24.3 Å². The summed E-state index contributed by atoms with van der Waals surface area (Å²) in [7, 11) is 0. The standard InChI is InChI=1S/C9H10F3NO/c10-7-3-1-2-6(4-7)8(13)5-14-9(11)12/h1-4,8-9H,5,13H2. The van der Waals surface area contributed by atoms with E-state index in [9.17, 15) is 13.2 Å². The van der Waals surface area contributed by atoms with Crippen molar-refractivity contribution in [1.29, 1.82) is 0 Å². The SMILES string of the molecule is NC(COC(F)F)c1cccc(F)c1. The molecular formula is C9H10F3NO. The molecule has 0 heterocycles. The average Bonchev–Trinajstić information content (AvgIpc) is 2.14. The predicted molar refractivity (Wildman–Crippen MR) is 45.3 cm³/mol. The van der Waals surface area contributed by atoms with Gasteiger partial charge in [-0.1, -0.05) is 12.1 Å². The summed E-state index contributed by atoms with van der Waals surface area (Å²) in [5.74, 6) is -0.449. The van der Waals surface area contributed by atoms with Crippen molar-refractivity contribution in [2.24, 2.45) is 5.73 Å². The first-order valence-corrected chi connectivity index (χ1v) is 4.00. The molecule has 2 nitrogen and oxygen atoms in total. The molecule has 1 rings (SSSR count). The van der Waals surface area contributed by atoms with Crippen molar-refractivity contribution in [1.82, 2.24) is 0 Å². The number of nitrogens with two attached hydrogens (primary N) is 1. The van der Waals surface area contributed by atoms with Crippen LogP contribution in [0, 0.1) is 5.82 Å². The number of alkyl halides is 2. The molecule has 14 heavy (non-hydrogen) atoms. The van der Waals surface area contributed by atoms with Gasteiger partial charge in [0.15, 0.2) is 0 Å². The highest BCUT2D eigenvalue weighted by atomic mass is 19.3. The lowest BCUT2D eigenvalue weighted by atomic mass is 10.1. The third-order valence-corrected chi connectivity index (χ3v) is 1.68. The highest BCUT2D eigenvalue weighted by Crippen LogP contribution is 2.13. The molecule has 2 N–H and O–H groups in total. The van der Waals surface area contributed by atoms with Crippen molar-refractivity contribution in [2.75, 3.05) is 6.61 Å². The molecule has 0 amide bonds. The van der Waals surface area contributed by atoms with Crippen molar-refractivity contribution in [3.8, 4) is 0 Å². The molecular weight excluding hydrogens is 195 g/mol. The summed E-state index contributed by atoms with van der Waals surface area (Å²) in [6.07, 6.45) is 0. The summed E-state index contributed by atoms with van der Waals surface area (Å²) in [5.41, 5.74) is 5.92. The predicted octanol–water partition coefficient (Wildman–Crippen LogP) is 2.06. The fourth-order valence-corrected chi connectivity index (χ4v) is 1.01. The largest absolute Gasteiger partial charge is 0.345 e. The second-order valence-corrected chi connectivity index (χ2v) is 2.76. The van der Waals surface area contributed by atoms with Crippen LogP contribution in [0.2, 0.25) is 0 Å². The van der Waals surface area contributed by atoms with E-state index in [1.165, 1.54) is 18.2 Å². The zero-order chi connectivity index (χ0) is 10.6. The molecule has 0 aliphatic rings. The van der Waals surface area contributed by atoms with Crippen LogP contribution in [0.25, 0.3) is 0 Å². The molecule has 0 spiro atoms. The second-order valence-electron chi connectivity index (χ2n) is 2.76. The maximum atomic E-state index is 12.7. The van der Waals surface area contributed by atoms with Gasteiger partial charge in [-0.25, -0.2) is 4.39 Å². The van der Waals surface area contributed by atoms with E-state index < -0.39 is 18.5 Å². The lowest BCUT2D eigenvalue weighted by Crippen LogP contribution is -2.18. The molecule has 0 saturated heterocycles. The van der Waals surface area contributed by atoms with Gasteiger partial charge in [-0.15, -0.1) is 0 Å². The van der Waals surface area contributed by atoms with Crippen LogP contribution < -0.4 is 5.73 Å². The van der Waals surface area contributed by atoms with Crippen molar-refractivity contribution in [2.45, 2.75) is 12.7 Å². The monoisotopic (exact) mass is 205 g/mol. The first kappa shape index (κ1) is 11.0. The van der Waals surface area contributed by atoms with E-state index in [1.807, 2.05) is 0 Å². The lowest BCUT2D eigenvalue weighted by Gasteiger charge is -2.11. The number of halogens is 3. The van der Waals surface area contributed by atoms with Gasteiger partial charge in [-0.2, -0.15) is 8.78 Å². The Kier molecular flexibility index (Phi) is 3.91. The molecule has 0 radical (unpaired) electrons. The van der Waals surface area contributed by atoms with E-state index in [-0.39, 0.29) is 6.61 Å². The molecule has 0 fully saturated rings. The van der Waals surface area contributed by atoms with Gasteiger partial charge in [-0.3, -0.25) is 0 Å². The Bertz CT molecular complexity index is 293. The summed E-state index contributed by atoms with van der Waals surface area (Å²) in [5, 5.41) is 0. The Morgan fingerprint density at radius 3 is 2.64 bits per heavy atom. The number of ether oxygens (including phenoxy) is 1. The van der Waals surface area contributed by atoms with E-state index in [4.69, 9.17) is 5.73 Å². The Labute approximate surface area is 79.5 Å². The number of hydrogen-bond donors (Lipinski definition) is 1. The minimum atomic E-state index is -2.85. The summed E-state index contributed by atoms with van der Waals surface area (Å²) in [6, 6.07) is 4.74. The molecule has 5 heteroatoms. The normalized spacial score (nSPS) is 13.2. The topological polar surface area (TPSA) is 35.2 Å². The van der Waals surface area contributed by atoms with Crippen molar-refractivity contribution in [3.05, 3.63) is 35.6 Å². The van der Waals surface area contributed by atoms with Gasteiger partial charge in [0.1, 0.15) is 5.82 Å². The zero-order valence-corrected chi connectivity index (χ0v) is 7.29. The van der Waals surface area contributed by atoms with Crippen LogP contribution in [-0.2, 0) is 4.74 Å². The molecule has 78 valence electrons. The molecule has 1 unspecified atom stereocenters. The maximum Gasteiger partial charge on any atom is 0.345 e. The first-order valence-electron chi connectivity index (χ1n) is 4.00. The van der Waals surface area contributed by atoms with Crippen molar-refractivity contribution >= 4 is 0 Å². The number of hydrogen-bond acceptors (Lipinski definition) is 2. The molecule has 0 aliphatic carbocycles. The molecule has 1 atom stereocenters. The van der Waals surface area contributed by atoms with Crippen LogP contribution in [0.4, 0.5) is 13.2 Å². The quantitative estimate of drug-likeness (QED) is 0.816. The Balaban J connectivity index is 2.56. The van der Waals surface area contributed by atoms with Crippen LogP contribution >= 0.6 is 0 Å². The lowest BCUT2D eigenvalue weighted by molar-refractivity contribution is -0.132. The summed E-state index contributed by atoms with van der Waals surface area (Å²) in [6.45, 7) is -3.18. The van der Waals surface area contributed by atoms with E-state index in [2.05, 4.69) is 4.74 Å². The molecule has 0 bridgehead atoms.